The number of hydrogen-bond donors (Lipinski definition) is 1. The molecule has 1 amide bonds. The fourth-order valence-corrected chi connectivity index (χ4v) is 5.43. The molecule has 2 fully saturated rings. The predicted octanol–water partition coefficient (Wildman–Crippen LogP) is 3.05. The molecule has 38 heavy (non-hydrogen) atoms. The van der Waals surface area contributed by atoms with Crippen LogP contribution in [0.4, 0.5) is 14.5 Å². The van der Waals surface area contributed by atoms with Crippen molar-refractivity contribution in [3.63, 3.8) is 0 Å². The van der Waals surface area contributed by atoms with E-state index in [-0.39, 0.29) is 23.5 Å². The number of ether oxygens (including phenoxy) is 2. The first-order valence-corrected chi connectivity index (χ1v) is 13.8. The monoisotopic (exact) mass is 549 g/mol. The van der Waals surface area contributed by atoms with E-state index in [0.717, 1.165) is 16.8 Å². The summed E-state index contributed by atoms with van der Waals surface area (Å²) >= 11 is 0. The second-order valence-electron chi connectivity index (χ2n) is 9.58. The molecular weight excluding hydrogens is 520 g/mol. The zero-order valence-electron chi connectivity index (χ0n) is 21.1. The Bertz CT molecular complexity index is 1460. The normalized spacial score (nSPS) is 18.9. The van der Waals surface area contributed by atoms with E-state index in [1.54, 1.807) is 18.3 Å². The lowest BCUT2D eigenvalue weighted by atomic mass is 10.0. The Balaban J connectivity index is 1.48. The summed E-state index contributed by atoms with van der Waals surface area (Å²) in [5.74, 6) is -2.20. The SMILES string of the molecule is CN(C)S(=O)(=O)NC(=O)c1cnn2ccc(N3CCC[C@@H]3c3cc(F)cc(F)c3OC3CCOCC3)cc12. The van der Waals surface area contributed by atoms with Crippen molar-refractivity contribution in [2.24, 2.45) is 0 Å². The number of halogens is 2. The predicted molar refractivity (Wildman–Crippen MR) is 135 cm³/mol. The number of benzene rings is 1. The Morgan fingerprint density at radius 2 is 1.95 bits per heavy atom. The van der Waals surface area contributed by atoms with Crippen LogP contribution >= 0.6 is 0 Å². The van der Waals surface area contributed by atoms with Crippen LogP contribution < -0.4 is 14.4 Å². The zero-order chi connectivity index (χ0) is 27.0. The van der Waals surface area contributed by atoms with E-state index in [2.05, 4.69) is 5.10 Å². The topological polar surface area (TPSA) is 105 Å². The first-order chi connectivity index (χ1) is 18.1. The number of pyridine rings is 1. The number of fused-ring (bicyclic) bond motifs is 1. The molecule has 1 N–H and O–H groups in total. The summed E-state index contributed by atoms with van der Waals surface area (Å²) in [6, 6.07) is 5.31. The lowest BCUT2D eigenvalue weighted by Crippen LogP contribution is -2.39. The Morgan fingerprint density at radius 1 is 1.18 bits per heavy atom. The number of carbonyl (C=O) groups is 1. The van der Waals surface area contributed by atoms with E-state index >= 15 is 4.39 Å². The lowest BCUT2D eigenvalue weighted by Gasteiger charge is -2.30. The van der Waals surface area contributed by atoms with Crippen LogP contribution in [-0.4, -0.2) is 68.2 Å². The highest BCUT2D eigenvalue weighted by Crippen LogP contribution is 2.42. The average molecular weight is 550 g/mol. The molecule has 0 spiro atoms. The summed E-state index contributed by atoms with van der Waals surface area (Å²) in [7, 11) is -1.37. The number of anilines is 1. The third-order valence-electron chi connectivity index (χ3n) is 6.89. The summed E-state index contributed by atoms with van der Waals surface area (Å²) in [6.45, 7) is 1.66. The van der Waals surface area contributed by atoms with Crippen LogP contribution in [0.25, 0.3) is 5.52 Å². The van der Waals surface area contributed by atoms with Gasteiger partial charge in [-0.1, -0.05) is 0 Å². The highest BCUT2D eigenvalue weighted by Gasteiger charge is 2.32. The lowest BCUT2D eigenvalue weighted by molar-refractivity contribution is 0.0234. The molecule has 204 valence electrons. The minimum absolute atomic E-state index is 0.0505. The largest absolute Gasteiger partial charge is 0.487 e. The van der Waals surface area contributed by atoms with Crippen molar-refractivity contribution in [1.29, 1.82) is 0 Å². The number of hydrogen-bond acceptors (Lipinski definition) is 7. The average Bonchev–Trinajstić information content (AvgIpc) is 3.53. The van der Waals surface area contributed by atoms with Gasteiger partial charge in [0.1, 0.15) is 11.9 Å². The minimum Gasteiger partial charge on any atom is -0.487 e. The van der Waals surface area contributed by atoms with Crippen LogP contribution in [0.2, 0.25) is 0 Å². The molecule has 0 radical (unpaired) electrons. The van der Waals surface area contributed by atoms with Gasteiger partial charge in [0.2, 0.25) is 0 Å². The maximum absolute atomic E-state index is 15.0. The van der Waals surface area contributed by atoms with Gasteiger partial charge in [-0.3, -0.25) is 4.79 Å². The highest BCUT2D eigenvalue weighted by atomic mass is 32.2. The van der Waals surface area contributed by atoms with Crippen LogP contribution in [-0.2, 0) is 14.9 Å². The van der Waals surface area contributed by atoms with Gasteiger partial charge in [-0.2, -0.15) is 17.8 Å². The molecule has 0 saturated carbocycles. The molecule has 4 heterocycles. The Kier molecular flexibility index (Phi) is 7.25. The van der Waals surface area contributed by atoms with Gasteiger partial charge in [0.05, 0.1) is 36.5 Å². The fourth-order valence-electron chi connectivity index (χ4n) is 4.90. The van der Waals surface area contributed by atoms with Crippen molar-refractivity contribution in [3.8, 4) is 5.75 Å². The Hall–Kier alpha value is -3.29. The van der Waals surface area contributed by atoms with Crippen LogP contribution in [0.15, 0.2) is 36.7 Å². The molecule has 13 heteroatoms. The number of nitrogens with one attached hydrogen (secondary N) is 1. The maximum Gasteiger partial charge on any atom is 0.303 e. The summed E-state index contributed by atoms with van der Waals surface area (Å²) in [5.41, 5.74) is 1.60. The molecule has 0 aliphatic carbocycles. The first-order valence-electron chi connectivity index (χ1n) is 12.4. The highest BCUT2D eigenvalue weighted by molar-refractivity contribution is 7.87. The van der Waals surface area contributed by atoms with E-state index in [1.807, 2.05) is 9.62 Å². The molecule has 2 aromatic heterocycles. The quantitative estimate of drug-likeness (QED) is 0.483. The van der Waals surface area contributed by atoms with E-state index in [9.17, 15) is 17.6 Å². The summed E-state index contributed by atoms with van der Waals surface area (Å²) in [6.07, 6.45) is 5.39. The van der Waals surface area contributed by atoms with E-state index in [0.29, 0.717) is 55.8 Å². The van der Waals surface area contributed by atoms with Crippen LogP contribution in [0, 0.1) is 11.6 Å². The minimum atomic E-state index is -3.99. The molecule has 0 bridgehead atoms. The summed E-state index contributed by atoms with van der Waals surface area (Å²) in [4.78, 5) is 14.8. The molecule has 2 saturated heterocycles. The number of aromatic nitrogens is 2. The van der Waals surface area contributed by atoms with Crippen molar-refractivity contribution in [2.45, 2.75) is 37.8 Å². The van der Waals surface area contributed by atoms with Crippen molar-refractivity contribution < 1.29 is 31.5 Å². The number of nitrogens with zero attached hydrogens (tertiary/aromatic N) is 4. The molecule has 10 nitrogen and oxygen atoms in total. The van der Waals surface area contributed by atoms with Gasteiger partial charge in [0.15, 0.2) is 11.6 Å². The van der Waals surface area contributed by atoms with Crippen molar-refractivity contribution >= 4 is 27.3 Å². The second kappa shape index (κ2) is 10.5. The standard InChI is InChI=1S/C25H29F2N5O5S/c1-30(2)38(34,35)29-25(33)20-15-28-32-9-5-17(14-23(20)32)31-8-3-4-22(31)19-12-16(26)13-21(27)24(19)37-18-6-10-36-11-7-18/h5,9,12-15,18,22H,3-4,6-8,10-11H2,1-2H3,(H,29,33)/t22-/m1/s1. The molecule has 0 unspecified atom stereocenters. The molecule has 3 aromatic rings. The van der Waals surface area contributed by atoms with Crippen LogP contribution in [0.5, 0.6) is 5.75 Å². The molecule has 1 atom stereocenters. The third-order valence-corrected chi connectivity index (χ3v) is 8.29. The summed E-state index contributed by atoms with van der Waals surface area (Å²) in [5, 5.41) is 4.16. The second-order valence-corrected chi connectivity index (χ2v) is 11.5. The zero-order valence-corrected chi connectivity index (χ0v) is 21.9. The van der Waals surface area contributed by atoms with Crippen molar-refractivity contribution in [1.82, 2.24) is 18.6 Å². The van der Waals surface area contributed by atoms with Gasteiger partial charge < -0.3 is 14.4 Å². The Labute approximate surface area is 219 Å². The molecular formula is C25H29F2N5O5S. The number of amides is 1. The molecule has 2 aliphatic heterocycles. The van der Waals surface area contributed by atoms with Gasteiger partial charge in [0.25, 0.3) is 5.91 Å². The van der Waals surface area contributed by atoms with E-state index in [1.165, 1.54) is 30.9 Å². The maximum atomic E-state index is 15.0. The molecule has 2 aliphatic rings. The van der Waals surface area contributed by atoms with Crippen LogP contribution in [0.3, 0.4) is 0 Å². The Morgan fingerprint density at radius 3 is 2.68 bits per heavy atom. The summed E-state index contributed by atoms with van der Waals surface area (Å²) < 4.78 is 69.6. The van der Waals surface area contributed by atoms with Gasteiger partial charge in [-0.05, 0) is 31.0 Å². The van der Waals surface area contributed by atoms with Gasteiger partial charge in [0, 0.05) is 57.0 Å². The molecule has 1 aromatic carbocycles. The van der Waals surface area contributed by atoms with Crippen molar-refractivity contribution in [3.05, 3.63) is 59.4 Å². The van der Waals surface area contributed by atoms with Gasteiger partial charge in [-0.15, -0.1) is 0 Å². The number of carbonyl (C=O) groups excluding carboxylic acids is 1. The third kappa shape index (κ3) is 5.18. The smallest absolute Gasteiger partial charge is 0.303 e. The van der Waals surface area contributed by atoms with Crippen LogP contribution in [0.1, 0.15) is 47.6 Å². The van der Waals surface area contributed by atoms with Gasteiger partial charge in [-0.25, -0.2) is 18.0 Å². The van der Waals surface area contributed by atoms with Gasteiger partial charge >= 0.3 is 10.2 Å². The van der Waals surface area contributed by atoms with Crippen molar-refractivity contribution in [2.75, 3.05) is 38.8 Å². The first kappa shape index (κ1) is 26.3. The fraction of sp³-hybridized carbons (Fsp3) is 0.440. The molecule has 5 rings (SSSR count). The number of rotatable bonds is 7. The van der Waals surface area contributed by atoms with E-state index < -0.39 is 27.8 Å². The van der Waals surface area contributed by atoms with E-state index in [4.69, 9.17) is 9.47 Å².